The van der Waals surface area contributed by atoms with Crippen molar-refractivity contribution in [3.05, 3.63) is 66.5 Å². The van der Waals surface area contributed by atoms with Gasteiger partial charge in [-0.3, -0.25) is 4.79 Å². The number of rotatable bonds is 5. The molecule has 0 aliphatic heterocycles. The standard InChI is InChI=1S/C19H18N4O2/c24-19(17-6-1-2-7-18(17)25-16-4-3-5-16)21-14-8-10-15(11-9-14)23-13-12-20-22-23/h1-2,6-13,16H,3-5H2,(H,21,24). The van der Waals surface area contributed by atoms with Crippen LogP contribution in [0.25, 0.3) is 5.69 Å². The number of aromatic nitrogens is 3. The van der Waals surface area contributed by atoms with Crippen LogP contribution in [0.1, 0.15) is 29.6 Å². The molecule has 0 atom stereocenters. The monoisotopic (exact) mass is 334 g/mol. The lowest BCUT2D eigenvalue weighted by Crippen LogP contribution is -2.26. The van der Waals surface area contributed by atoms with Crippen LogP contribution in [0.3, 0.4) is 0 Å². The molecule has 4 rings (SSSR count). The molecule has 0 bridgehead atoms. The number of carbonyl (C=O) groups excluding carboxylic acids is 1. The van der Waals surface area contributed by atoms with Gasteiger partial charge in [-0.2, -0.15) is 0 Å². The van der Waals surface area contributed by atoms with Gasteiger partial charge in [0.15, 0.2) is 0 Å². The Labute approximate surface area is 145 Å². The topological polar surface area (TPSA) is 69.0 Å². The molecule has 1 N–H and O–H groups in total. The third-order valence-corrected chi connectivity index (χ3v) is 4.29. The predicted octanol–water partition coefficient (Wildman–Crippen LogP) is 3.45. The Morgan fingerprint density at radius 2 is 1.92 bits per heavy atom. The Morgan fingerprint density at radius 3 is 2.60 bits per heavy atom. The van der Waals surface area contributed by atoms with Crippen molar-refractivity contribution in [3.8, 4) is 11.4 Å². The second kappa shape index (κ2) is 6.76. The van der Waals surface area contributed by atoms with Gasteiger partial charge in [-0.05, 0) is 55.7 Å². The van der Waals surface area contributed by atoms with Crippen LogP contribution in [0.15, 0.2) is 60.9 Å². The molecule has 2 aromatic carbocycles. The van der Waals surface area contributed by atoms with Crippen LogP contribution in [-0.2, 0) is 0 Å². The Morgan fingerprint density at radius 1 is 1.12 bits per heavy atom. The molecular weight excluding hydrogens is 316 g/mol. The lowest BCUT2D eigenvalue weighted by Gasteiger charge is -2.27. The highest BCUT2D eigenvalue weighted by Gasteiger charge is 2.21. The number of anilines is 1. The van der Waals surface area contributed by atoms with E-state index in [9.17, 15) is 4.79 Å². The molecule has 1 fully saturated rings. The zero-order chi connectivity index (χ0) is 17.1. The van der Waals surface area contributed by atoms with Gasteiger partial charge in [-0.15, -0.1) is 5.10 Å². The van der Waals surface area contributed by atoms with E-state index in [1.165, 1.54) is 6.42 Å². The van der Waals surface area contributed by atoms with E-state index >= 15 is 0 Å². The summed E-state index contributed by atoms with van der Waals surface area (Å²) < 4.78 is 7.59. The maximum atomic E-state index is 12.6. The molecule has 126 valence electrons. The maximum Gasteiger partial charge on any atom is 0.259 e. The van der Waals surface area contributed by atoms with Gasteiger partial charge in [0.1, 0.15) is 5.75 Å². The average Bonchev–Trinajstić information content (AvgIpc) is 3.14. The van der Waals surface area contributed by atoms with E-state index in [1.807, 2.05) is 42.5 Å². The molecule has 1 aliphatic carbocycles. The summed E-state index contributed by atoms with van der Waals surface area (Å²) >= 11 is 0. The van der Waals surface area contributed by atoms with Crippen LogP contribution >= 0.6 is 0 Å². The van der Waals surface area contributed by atoms with Crippen LogP contribution in [-0.4, -0.2) is 27.0 Å². The van der Waals surface area contributed by atoms with E-state index in [4.69, 9.17) is 4.74 Å². The van der Waals surface area contributed by atoms with Crippen LogP contribution in [0.4, 0.5) is 5.69 Å². The number of hydrogen-bond donors (Lipinski definition) is 1. The highest BCUT2D eigenvalue weighted by Crippen LogP contribution is 2.28. The van der Waals surface area contributed by atoms with Gasteiger partial charge < -0.3 is 10.1 Å². The first-order chi connectivity index (χ1) is 12.3. The first-order valence-corrected chi connectivity index (χ1v) is 8.33. The first kappa shape index (κ1) is 15.4. The van der Waals surface area contributed by atoms with Crippen molar-refractivity contribution in [1.29, 1.82) is 0 Å². The van der Waals surface area contributed by atoms with Gasteiger partial charge in [0.2, 0.25) is 0 Å². The third-order valence-electron chi connectivity index (χ3n) is 4.29. The Hall–Kier alpha value is -3.15. The van der Waals surface area contributed by atoms with Gasteiger partial charge >= 0.3 is 0 Å². The minimum Gasteiger partial charge on any atom is -0.490 e. The van der Waals surface area contributed by atoms with Gasteiger partial charge in [0, 0.05) is 5.69 Å². The van der Waals surface area contributed by atoms with Gasteiger partial charge in [-0.1, -0.05) is 17.3 Å². The molecule has 0 unspecified atom stereocenters. The molecule has 0 saturated heterocycles. The number of hydrogen-bond acceptors (Lipinski definition) is 4. The Balaban J connectivity index is 1.48. The summed E-state index contributed by atoms with van der Waals surface area (Å²) in [4.78, 5) is 12.6. The third kappa shape index (κ3) is 3.38. The van der Waals surface area contributed by atoms with Crippen molar-refractivity contribution >= 4 is 11.6 Å². The van der Waals surface area contributed by atoms with Crippen molar-refractivity contribution < 1.29 is 9.53 Å². The summed E-state index contributed by atoms with van der Waals surface area (Å²) in [5, 5.41) is 10.6. The molecule has 1 aliphatic rings. The minimum absolute atomic E-state index is 0.177. The summed E-state index contributed by atoms with van der Waals surface area (Å²) in [6.45, 7) is 0. The first-order valence-electron chi connectivity index (χ1n) is 8.33. The number of ether oxygens (including phenoxy) is 1. The van der Waals surface area contributed by atoms with Gasteiger partial charge in [0.05, 0.1) is 29.7 Å². The van der Waals surface area contributed by atoms with E-state index in [0.717, 1.165) is 18.5 Å². The molecule has 3 aromatic rings. The number of nitrogens with one attached hydrogen (secondary N) is 1. The fourth-order valence-electron chi connectivity index (χ4n) is 2.67. The normalized spacial score (nSPS) is 13.9. The average molecular weight is 334 g/mol. The van der Waals surface area contributed by atoms with Crippen molar-refractivity contribution in [2.24, 2.45) is 0 Å². The van der Waals surface area contributed by atoms with E-state index < -0.39 is 0 Å². The molecule has 6 nitrogen and oxygen atoms in total. The molecule has 1 saturated carbocycles. The number of nitrogens with zero attached hydrogens (tertiary/aromatic N) is 3. The van der Waals surface area contributed by atoms with Crippen LogP contribution in [0, 0.1) is 0 Å². The summed E-state index contributed by atoms with van der Waals surface area (Å²) in [7, 11) is 0. The van der Waals surface area contributed by atoms with Crippen molar-refractivity contribution in [2.75, 3.05) is 5.32 Å². The van der Waals surface area contributed by atoms with Crippen molar-refractivity contribution in [1.82, 2.24) is 15.0 Å². The van der Waals surface area contributed by atoms with Crippen LogP contribution < -0.4 is 10.1 Å². The molecule has 6 heteroatoms. The highest BCUT2D eigenvalue weighted by molar-refractivity contribution is 6.06. The van der Waals surface area contributed by atoms with Crippen LogP contribution in [0.2, 0.25) is 0 Å². The van der Waals surface area contributed by atoms with Crippen LogP contribution in [0.5, 0.6) is 5.75 Å². The van der Waals surface area contributed by atoms with Gasteiger partial charge in [0.25, 0.3) is 5.91 Å². The summed E-state index contributed by atoms with van der Waals surface area (Å²) in [5.41, 5.74) is 2.14. The minimum atomic E-state index is -0.177. The molecule has 1 heterocycles. The number of para-hydroxylation sites is 1. The second-order valence-electron chi connectivity index (χ2n) is 6.02. The number of carbonyl (C=O) groups is 1. The quantitative estimate of drug-likeness (QED) is 0.776. The summed E-state index contributed by atoms with van der Waals surface area (Å²) in [5.74, 6) is 0.465. The van der Waals surface area contributed by atoms with E-state index in [-0.39, 0.29) is 12.0 Å². The molecule has 0 spiro atoms. The molecule has 25 heavy (non-hydrogen) atoms. The summed E-state index contributed by atoms with van der Waals surface area (Å²) in [6.07, 6.45) is 6.92. The molecule has 0 radical (unpaired) electrons. The number of benzene rings is 2. The fraction of sp³-hybridized carbons (Fsp3) is 0.211. The van der Waals surface area contributed by atoms with E-state index in [0.29, 0.717) is 17.0 Å². The lowest BCUT2D eigenvalue weighted by molar-refractivity contribution is 0.0992. The zero-order valence-electron chi connectivity index (χ0n) is 13.6. The Kier molecular flexibility index (Phi) is 4.16. The number of amides is 1. The van der Waals surface area contributed by atoms with Gasteiger partial charge in [-0.25, -0.2) is 4.68 Å². The second-order valence-corrected chi connectivity index (χ2v) is 6.02. The van der Waals surface area contributed by atoms with Crippen molar-refractivity contribution in [3.63, 3.8) is 0 Å². The molecular formula is C19H18N4O2. The smallest absolute Gasteiger partial charge is 0.259 e. The summed E-state index contributed by atoms with van der Waals surface area (Å²) in [6, 6.07) is 14.8. The highest BCUT2D eigenvalue weighted by atomic mass is 16.5. The van der Waals surface area contributed by atoms with Crippen molar-refractivity contribution in [2.45, 2.75) is 25.4 Å². The predicted molar refractivity (Wildman–Crippen MR) is 94.0 cm³/mol. The zero-order valence-corrected chi connectivity index (χ0v) is 13.6. The fourth-order valence-corrected chi connectivity index (χ4v) is 2.67. The maximum absolute atomic E-state index is 12.6. The van der Waals surface area contributed by atoms with E-state index in [2.05, 4.69) is 15.6 Å². The lowest BCUT2D eigenvalue weighted by atomic mass is 9.96. The molecule has 1 amide bonds. The SMILES string of the molecule is O=C(Nc1ccc(-n2ccnn2)cc1)c1ccccc1OC1CCC1. The Bertz CT molecular complexity index is 855. The largest absolute Gasteiger partial charge is 0.490 e. The molecule has 1 aromatic heterocycles. The van der Waals surface area contributed by atoms with E-state index in [1.54, 1.807) is 23.1 Å².